The van der Waals surface area contributed by atoms with Crippen molar-refractivity contribution in [3.05, 3.63) is 57.3 Å². The van der Waals surface area contributed by atoms with Gasteiger partial charge in [-0.25, -0.2) is 9.37 Å². The van der Waals surface area contributed by atoms with Crippen molar-refractivity contribution < 1.29 is 9.18 Å². The molecule has 0 aliphatic heterocycles. The second kappa shape index (κ2) is 9.31. The largest absolute Gasteiger partial charge is 0.302 e. The van der Waals surface area contributed by atoms with E-state index in [0.717, 1.165) is 33.8 Å². The van der Waals surface area contributed by atoms with Crippen LogP contribution in [0.1, 0.15) is 24.2 Å². The summed E-state index contributed by atoms with van der Waals surface area (Å²) in [6.45, 7) is 7.13. The molecule has 8 heteroatoms. The Kier molecular flexibility index (Phi) is 7.04. The lowest BCUT2D eigenvalue weighted by molar-refractivity contribution is 0.0984. The number of likely N-dealkylation sites (N-methyl/N-ethyl adjacent to an activating group) is 1. The van der Waals surface area contributed by atoms with Gasteiger partial charge in [0.25, 0.3) is 5.91 Å². The quantitative estimate of drug-likeness (QED) is 0.423. The molecule has 1 amide bonds. The highest BCUT2D eigenvalue weighted by molar-refractivity contribution is 9.10. The van der Waals surface area contributed by atoms with Crippen molar-refractivity contribution in [2.45, 2.75) is 13.8 Å². The summed E-state index contributed by atoms with van der Waals surface area (Å²) in [6, 6.07) is 9.65. The van der Waals surface area contributed by atoms with Gasteiger partial charge in [-0.05, 0) is 49.5 Å². The zero-order valence-corrected chi connectivity index (χ0v) is 18.7. The van der Waals surface area contributed by atoms with E-state index in [2.05, 4.69) is 39.7 Å². The molecule has 0 aliphatic carbocycles. The number of halogens is 3. The lowest BCUT2D eigenvalue weighted by Gasteiger charge is -2.25. The molecule has 1 heterocycles. The Balaban J connectivity index is 1.98. The Hall–Kier alpha value is -1.54. The number of benzene rings is 2. The summed E-state index contributed by atoms with van der Waals surface area (Å²) in [5, 5.41) is 0.701. The van der Waals surface area contributed by atoms with Crippen molar-refractivity contribution in [2.24, 2.45) is 0 Å². The molecule has 0 radical (unpaired) electrons. The summed E-state index contributed by atoms with van der Waals surface area (Å²) in [6.07, 6.45) is 0. The Morgan fingerprint density at radius 3 is 2.61 bits per heavy atom. The second-order valence-corrected chi connectivity index (χ2v) is 8.55. The number of rotatable bonds is 7. The van der Waals surface area contributed by atoms with E-state index in [9.17, 15) is 9.18 Å². The van der Waals surface area contributed by atoms with Crippen LogP contribution >= 0.6 is 38.9 Å². The van der Waals surface area contributed by atoms with Crippen molar-refractivity contribution in [3.63, 3.8) is 0 Å². The molecule has 0 N–H and O–H groups in total. The fourth-order valence-corrected chi connectivity index (χ4v) is 4.67. The summed E-state index contributed by atoms with van der Waals surface area (Å²) in [4.78, 5) is 21.8. The van der Waals surface area contributed by atoms with Crippen LogP contribution < -0.4 is 4.90 Å². The number of anilines is 1. The van der Waals surface area contributed by atoms with Crippen LogP contribution in [0.2, 0.25) is 5.02 Å². The van der Waals surface area contributed by atoms with Gasteiger partial charge in [0.2, 0.25) is 0 Å². The van der Waals surface area contributed by atoms with Crippen LogP contribution in [0.3, 0.4) is 0 Å². The molecule has 0 atom stereocenters. The Bertz CT molecular complexity index is 993. The molecule has 0 saturated heterocycles. The first-order valence-electron chi connectivity index (χ1n) is 8.98. The topological polar surface area (TPSA) is 36.4 Å². The van der Waals surface area contributed by atoms with Gasteiger partial charge >= 0.3 is 0 Å². The summed E-state index contributed by atoms with van der Waals surface area (Å²) in [5.41, 5.74) is 1.09. The van der Waals surface area contributed by atoms with Crippen molar-refractivity contribution in [1.82, 2.24) is 9.88 Å². The average molecular weight is 485 g/mol. The molecule has 3 rings (SSSR count). The number of hydrogen-bond donors (Lipinski definition) is 0. The van der Waals surface area contributed by atoms with Crippen LogP contribution in [0.4, 0.5) is 9.52 Å². The highest BCUT2D eigenvalue weighted by atomic mass is 79.9. The van der Waals surface area contributed by atoms with E-state index >= 15 is 0 Å². The minimum atomic E-state index is -0.471. The van der Waals surface area contributed by atoms with Gasteiger partial charge < -0.3 is 4.90 Å². The molecule has 3 aromatic rings. The van der Waals surface area contributed by atoms with Crippen molar-refractivity contribution in [2.75, 3.05) is 31.1 Å². The van der Waals surface area contributed by atoms with Crippen molar-refractivity contribution in [3.8, 4) is 0 Å². The first kappa shape index (κ1) is 21.2. The molecule has 0 spiro atoms. The monoisotopic (exact) mass is 483 g/mol. The molecule has 28 heavy (non-hydrogen) atoms. The standard InChI is InChI=1S/C20H20BrClFN3OS/c1-3-25(4-2)9-10-26(19(27)15-7-6-14(23)12-16(15)22)20-24-17-8-5-13(21)11-18(17)28-20/h5-8,11-12H,3-4,9-10H2,1-2H3. The maximum atomic E-state index is 13.4. The average Bonchev–Trinajstić information content (AvgIpc) is 3.07. The van der Waals surface area contributed by atoms with Gasteiger partial charge in [0.05, 0.1) is 20.8 Å². The predicted octanol–water partition coefficient (Wildman–Crippen LogP) is 5.84. The van der Waals surface area contributed by atoms with E-state index < -0.39 is 5.82 Å². The van der Waals surface area contributed by atoms with E-state index in [4.69, 9.17) is 11.6 Å². The van der Waals surface area contributed by atoms with Crippen LogP contribution in [0.15, 0.2) is 40.9 Å². The van der Waals surface area contributed by atoms with Crippen LogP contribution in [0.25, 0.3) is 10.2 Å². The fraction of sp³-hybridized carbons (Fsp3) is 0.300. The minimum absolute atomic E-state index is 0.0988. The molecule has 0 bridgehead atoms. The highest BCUT2D eigenvalue weighted by Crippen LogP contribution is 2.32. The number of aromatic nitrogens is 1. The zero-order chi connectivity index (χ0) is 20.3. The molecule has 0 unspecified atom stereocenters. The number of carbonyl (C=O) groups excluding carboxylic acids is 1. The fourth-order valence-electron chi connectivity index (χ4n) is 2.88. The summed E-state index contributed by atoms with van der Waals surface area (Å²) in [7, 11) is 0. The maximum absolute atomic E-state index is 13.4. The maximum Gasteiger partial charge on any atom is 0.261 e. The highest BCUT2D eigenvalue weighted by Gasteiger charge is 2.24. The molecule has 0 saturated carbocycles. The number of thiazole rings is 1. The van der Waals surface area contributed by atoms with Crippen molar-refractivity contribution >= 4 is 60.1 Å². The SMILES string of the molecule is CCN(CC)CCN(C(=O)c1ccc(F)cc1Cl)c1nc2ccc(Br)cc2s1. The number of fused-ring (bicyclic) bond motifs is 1. The predicted molar refractivity (Wildman–Crippen MR) is 118 cm³/mol. The summed E-state index contributed by atoms with van der Waals surface area (Å²) >= 11 is 11.1. The molecule has 0 aliphatic rings. The summed E-state index contributed by atoms with van der Waals surface area (Å²) in [5.74, 6) is -0.753. The first-order valence-corrected chi connectivity index (χ1v) is 11.0. The molecule has 1 aromatic heterocycles. The first-order chi connectivity index (χ1) is 13.4. The van der Waals surface area contributed by atoms with Crippen LogP contribution in [-0.2, 0) is 0 Å². The zero-order valence-electron chi connectivity index (χ0n) is 15.6. The molecule has 0 fully saturated rings. The molecular formula is C20H20BrClFN3OS. The third kappa shape index (κ3) is 4.71. The van der Waals surface area contributed by atoms with Crippen molar-refractivity contribution in [1.29, 1.82) is 0 Å². The van der Waals surface area contributed by atoms with E-state index in [1.165, 1.54) is 23.5 Å². The van der Waals surface area contributed by atoms with Gasteiger partial charge in [0.15, 0.2) is 5.13 Å². The van der Waals surface area contributed by atoms with Gasteiger partial charge in [-0.3, -0.25) is 9.69 Å². The second-order valence-electron chi connectivity index (χ2n) is 6.22. The van der Waals surface area contributed by atoms with Gasteiger partial charge in [0.1, 0.15) is 5.82 Å². The van der Waals surface area contributed by atoms with E-state index in [1.807, 2.05) is 18.2 Å². The third-order valence-electron chi connectivity index (χ3n) is 4.51. The van der Waals surface area contributed by atoms with Crippen LogP contribution in [0.5, 0.6) is 0 Å². The van der Waals surface area contributed by atoms with E-state index in [-0.39, 0.29) is 16.5 Å². The third-order valence-corrected chi connectivity index (χ3v) is 6.36. The molecule has 4 nitrogen and oxygen atoms in total. The number of nitrogens with zero attached hydrogens (tertiary/aromatic N) is 3. The molecule has 2 aromatic carbocycles. The molecule has 148 valence electrons. The Labute approximate surface area is 181 Å². The van der Waals surface area contributed by atoms with E-state index in [0.29, 0.717) is 18.2 Å². The van der Waals surface area contributed by atoms with Gasteiger partial charge in [-0.1, -0.05) is 52.7 Å². The normalized spacial score (nSPS) is 11.4. The van der Waals surface area contributed by atoms with Gasteiger partial charge in [0, 0.05) is 17.6 Å². The number of amides is 1. The number of hydrogen-bond acceptors (Lipinski definition) is 4. The lowest BCUT2D eigenvalue weighted by atomic mass is 10.2. The van der Waals surface area contributed by atoms with Crippen LogP contribution in [0, 0.1) is 5.82 Å². The van der Waals surface area contributed by atoms with E-state index in [1.54, 1.807) is 4.90 Å². The van der Waals surface area contributed by atoms with Gasteiger partial charge in [-0.15, -0.1) is 0 Å². The van der Waals surface area contributed by atoms with Gasteiger partial charge in [-0.2, -0.15) is 0 Å². The van der Waals surface area contributed by atoms with Crippen LogP contribution in [-0.4, -0.2) is 42.0 Å². The molecular weight excluding hydrogens is 465 g/mol. The Morgan fingerprint density at radius 1 is 1.18 bits per heavy atom. The number of carbonyl (C=O) groups is 1. The Morgan fingerprint density at radius 2 is 1.93 bits per heavy atom. The smallest absolute Gasteiger partial charge is 0.261 e. The summed E-state index contributed by atoms with van der Waals surface area (Å²) < 4.78 is 15.4. The lowest BCUT2D eigenvalue weighted by Crippen LogP contribution is -2.39. The minimum Gasteiger partial charge on any atom is -0.302 e.